The Morgan fingerprint density at radius 2 is 2.04 bits per heavy atom. The normalized spacial score (nSPS) is 17.3. The molecule has 2 amide bonds. The van der Waals surface area contributed by atoms with Gasteiger partial charge in [0.1, 0.15) is 5.75 Å². The highest BCUT2D eigenvalue weighted by molar-refractivity contribution is 5.90. The lowest BCUT2D eigenvalue weighted by molar-refractivity contribution is 0.163. The predicted molar refractivity (Wildman–Crippen MR) is 96.5 cm³/mol. The molecule has 5 heteroatoms. The highest BCUT2D eigenvalue weighted by atomic mass is 16.5. The van der Waals surface area contributed by atoms with Crippen molar-refractivity contribution in [3.8, 4) is 5.75 Å². The molecular formula is C19H30N2O3. The van der Waals surface area contributed by atoms with Gasteiger partial charge in [0, 0.05) is 17.8 Å². The van der Waals surface area contributed by atoms with Crippen molar-refractivity contribution in [3.05, 3.63) is 23.8 Å². The average molecular weight is 334 g/mol. The second kappa shape index (κ2) is 8.92. The molecule has 3 N–H and O–H groups in total. The van der Waals surface area contributed by atoms with Crippen LogP contribution in [0.4, 0.5) is 10.5 Å². The fourth-order valence-corrected chi connectivity index (χ4v) is 3.16. The zero-order chi connectivity index (χ0) is 17.5. The number of amides is 2. The van der Waals surface area contributed by atoms with Gasteiger partial charge >= 0.3 is 6.03 Å². The van der Waals surface area contributed by atoms with E-state index in [-0.39, 0.29) is 18.1 Å². The number of rotatable bonds is 7. The zero-order valence-electron chi connectivity index (χ0n) is 15.0. The lowest BCUT2D eigenvalue weighted by atomic mass is 10.1. The number of anilines is 1. The number of aliphatic hydroxyl groups excluding tert-OH is 1. The van der Waals surface area contributed by atoms with Gasteiger partial charge in [-0.2, -0.15) is 0 Å². The number of benzene rings is 1. The van der Waals surface area contributed by atoms with Gasteiger partial charge in [0.25, 0.3) is 0 Å². The summed E-state index contributed by atoms with van der Waals surface area (Å²) in [5, 5.41) is 15.1. The summed E-state index contributed by atoms with van der Waals surface area (Å²) < 4.78 is 6.07. The third kappa shape index (κ3) is 5.71. The van der Waals surface area contributed by atoms with Crippen LogP contribution in [-0.4, -0.2) is 29.9 Å². The van der Waals surface area contributed by atoms with Gasteiger partial charge in [0.05, 0.1) is 12.2 Å². The molecule has 134 valence electrons. The third-order valence-electron chi connectivity index (χ3n) is 4.48. The van der Waals surface area contributed by atoms with E-state index in [1.807, 2.05) is 32.0 Å². The quantitative estimate of drug-likeness (QED) is 0.709. The topological polar surface area (TPSA) is 70.6 Å². The van der Waals surface area contributed by atoms with Crippen LogP contribution in [-0.2, 0) is 0 Å². The van der Waals surface area contributed by atoms with E-state index in [1.54, 1.807) is 6.92 Å². The fourth-order valence-electron chi connectivity index (χ4n) is 3.16. The first-order valence-electron chi connectivity index (χ1n) is 8.95. The number of urea groups is 1. The molecule has 1 fully saturated rings. The Morgan fingerprint density at radius 1 is 1.33 bits per heavy atom. The smallest absolute Gasteiger partial charge is 0.319 e. The first kappa shape index (κ1) is 18.6. The lowest BCUT2D eigenvalue weighted by Gasteiger charge is -2.18. The van der Waals surface area contributed by atoms with Gasteiger partial charge in [-0.1, -0.05) is 13.0 Å². The van der Waals surface area contributed by atoms with E-state index in [0.29, 0.717) is 19.1 Å². The summed E-state index contributed by atoms with van der Waals surface area (Å²) in [6, 6.07) is 5.52. The minimum atomic E-state index is -0.350. The van der Waals surface area contributed by atoms with Crippen LogP contribution in [0.5, 0.6) is 5.75 Å². The van der Waals surface area contributed by atoms with Crippen LogP contribution in [0.2, 0.25) is 0 Å². The molecule has 1 saturated carbocycles. The first-order valence-corrected chi connectivity index (χ1v) is 8.95. The molecule has 5 nitrogen and oxygen atoms in total. The van der Waals surface area contributed by atoms with Crippen LogP contribution in [0, 0.1) is 12.8 Å². The standard InChI is InChI=1S/C19H30N2O3/c1-13(11-14(2)22)12-20-19(23)21-17-9-6-10-18(15(17)3)24-16-7-4-5-8-16/h6,9-10,13-14,16,22H,4-5,7-8,11-12H2,1-3H3,(H2,20,21,23)/t13-,14-/m1/s1. The summed E-state index contributed by atoms with van der Waals surface area (Å²) in [5.74, 6) is 1.08. The Kier molecular flexibility index (Phi) is 6.91. The van der Waals surface area contributed by atoms with Crippen molar-refractivity contribution < 1.29 is 14.6 Å². The molecular weight excluding hydrogens is 304 g/mol. The molecule has 0 spiro atoms. The summed E-state index contributed by atoms with van der Waals surface area (Å²) in [6.45, 7) is 6.27. The van der Waals surface area contributed by atoms with Crippen LogP contribution in [0.3, 0.4) is 0 Å². The number of ether oxygens (including phenoxy) is 1. The summed E-state index contributed by atoms with van der Waals surface area (Å²) in [6.07, 6.45) is 5.30. The molecule has 0 aromatic heterocycles. The molecule has 0 bridgehead atoms. The molecule has 1 aromatic carbocycles. The molecule has 0 aliphatic heterocycles. The number of carbonyl (C=O) groups is 1. The Bertz CT molecular complexity index is 539. The highest BCUT2D eigenvalue weighted by Crippen LogP contribution is 2.30. The second-order valence-corrected chi connectivity index (χ2v) is 6.98. The summed E-state index contributed by atoms with van der Waals surface area (Å²) in [4.78, 5) is 12.1. The highest BCUT2D eigenvalue weighted by Gasteiger charge is 2.18. The van der Waals surface area contributed by atoms with Gasteiger partial charge < -0.3 is 20.5 Å². The fraction of sp³-hybridized carbons (Fsp3) is 0.632. The van der Waals surface area contributed by atoms with Crippen molar-refractivity contribution in [1.82, 2.24) is 5.32 Å². The van der Waals surface area contributed by atoms with Crippen LogP contribution in [0.25, 0.3) is 0 Å². The van der Waals surface area contributed by atoms with E-state index in [0.717, 1.165) is 29.8 Å². The monoisotopic (exact) mass is 334 g/mol. The molecule has 0 radical (unpaired) electrons. The van der Waals surface area contributed by atoms with Gasteiger partial charge in [0.2, 0.25) is 0 Å². The summed E-state index contributed by atoms with van der Waals surface area (Å²) in [7, 11) is 0. The largest absolute Gasteiger partial charge is 0.490 e. The molecule has 0 unspecified atom stereocenters. The first-order chi connectivity index (χ1) is 11.5. The summed E-state index contributed by atoms with van der Waals surface area (Å²) in [5.41, 5.74) is 1.72. The van der Waals surface area contributed by atoms with Crippen molar-refractivity contribution in [2.45, 2.75) is 65.1 Å². The maximum absolute atomic E-state index is 12.1. The molecule has 1 aliphatic carbocycles. The van der Waals surface area contributed by atoms with Crippen LogP contribution in [0.15, 0.2) is 18.2 Å². The molecule has 2 rings (SSSR count). The van der Waals surface area contributed by atoms with Gasteiger partial charge in [0.15, 0.2) is 0 Å². The van der Waals surface area contributed by atoms with Gasteiger partial charge in [-0.3, -0.25) is 0 Å². The number of nitrogens with one attached hydrogen (secondary N) is 2. The Morgan fingerprint density at radius 3 is 2.71 bits per heavy atom. The van der Waals surface area contributed by atoms with Crippen LogP contribution in [0.1, 0.15) is 51.5 Å². The minimum absolute atomic E-state index is 0.228. The van der Waals surface area contributed by atoms with Crippen molar-refractivity contribution >= 4 is 11.7 Å². The minimum Gasteiger partial charge on any atom is -0.490 e. The molecule has 1 aromatic rings. The lowest BCUT2D eigenvalue weighted by Crippen LogP contribution is -2.33. The average Bonchev–Trinajstić information content (AvgIpc) is 3.02. The molecule has 2 atom stereocenters. The van der Waals surface area contributed by atoms with E-state index in [2.05, 4.69) is 10.6 Å². The number of aliphatic hydroxyl groups is 1. The molecule has 0 saturated heterocycles. The van der Waals surface area contributed by atoms with E-state index in [9.17, 15) is 9.90 Å². The van der Waals surface area contributed by atoms with Gasteiger partial charge in [-0.05, 0) is 64.0 Å². The molecule has 1 aliphatic rings. The van der Waals surface area contributed by atoms with Crippen molar-refractivity contribution in [2.24, 2.45) is 5.92 Å². The van der Waals surface area contributed by atoms with E-state index < -0.39 is 0 Å². The number of hydrogen-bond acceptors (Lipinski definition) is 3. The van der Waals surface area contributed by atoms with E-state index in [4.69, 9.17) is 4.74 Å². The Hall–Kier alpha value is -1.75. The van der Waals surface area contributed by atoms with E-state index in [1.165, 1.54) is 12.8 Å². The van der Waals surface area contributed by atoms with E-state index >= 15 is 0 Å². The van der Waals surface area contributed by atoms with Gasteiger partial charge in [-0.15, -0.1) is 0 Å². The zero-order valence-corrected chi connectivity index (χ0v) is 15.0. The number of carbonyl (C=O) groups excluding carboxylic acids is 1. The second-order valence-electron chi connectivity index (χ2n) is 6.98. The molecule has 24 heavy (non-hydrogen) atoms. The van der Waals surface area contributed by atoms with Crippen molar-refractivity contribution in [2.75, 3.05) is 11.9 Å². The molecule has 0 heterocycles. The maximum Gasteiger partial charge on any atom is 0.319 e. The van der Waals surface area contributed by atoms with Crippen molar-refractivity contribution in [1.29, 1.82) is 0 Å². The third-order valence-corrected chi connectivity index (χ3v) is 4.48. The van der Waals surface area contributed by atoms with Crippen LogP contribution >= 0.6 is 0 Å². The SMILES string of the molecule is Cc1c(NC(=O)NC[C@H](C)C[C@@H](C)O)cccc1OC1CCCC1. The number of hydrogen-bond donors (Lipinski definition) is 3. The van der Waals surface area contributed by atoms with Gasteiger partial charge in [-0.25, -0.2) is 4.79 Å². The van der Waals surface area contributed by atoms with Crippen LogP contribution < -0.4 is 15.4 Å². The van der Waals surface area contributed by atoms with Crippen molar-refractivity contribution in [3.63, 3.8) is 0 Å². The Labute approximate surface area is 144 Å². The predicted octanol–water partition coefficient (Wildman–Crippen LogP) is 3.84. The maximum atomic E-state index is 12.1. The summed E-state index contributed by atoms with van der Waals surface area (Å²) >= 11 is 0. The Balaban J connectivity index is 1.88.